The molecule has 4 unspecified atom stereocenters. The lowest BCUT2D eigenvalue weighted by molar-refractivity contribution is 0.0800. The van der Waals surface area contributed by atoms with Crippen molar-refractivity contribution in [2.45, 2.75) is 95.0 Å². The number of rotatable bonds is 24. The van der Waals surface area contributed by atoms with Gasteiger partial charge in [0.15, 0.2) is 25.0 Å². The van der Waals surface area contributed by atoms with Crippen molar-refractivity contribution in [2.75, 3.05) is 59.5 Å². The highest BCUT2D eigenvalue weighted by atomic mass is 28.6. The van der Waals surface area contributed by atoms with Crippen LogP contribution in [0.1, 0.15) is 19.3 Å². The number of hydrogen-bond donors (Lipinski definition) is 0. The molecule has 6 heterocycles. The van der Waals surface area contributed by atoms with E-state index in [1.165, 1.54) is 0 Å². The molecule has 0 aliphatic carbocycles. The first kappa shape index (κ1) is 43.0. The zero-order chi connectivity index (χ0) is 36.6. The quantitative estimate of drug-likeness (QED) is 0.0673. The van der Waals surface area contributed by atoms with Crippen LogP contribution < -0.4 is 0 Å². The average Bonchev–Trinajstić information content (AvgIpc) is 3.86. The summed E-state index contributed by atoms with van der Waals surface area (Å²) in [6, 6.07) is 2.56. The smallest absolute Gasteiger partial charge is 0.419 e. The van der Waals surface area contributed by atoms with Gasteiger partial charge in [-0.25, -0.2) is 0 Å². The van der Waals surface area contributed by atoms with E-state index in [-0.39, 0.29) is 18.3 Å². The summed E-state index contributed by atoms with van der Waals surface area (Å²) in [5, 5.41) is 0. The highest BCUT2D eigenvalue weighted by Crippen LogP contribution is 2.27. The summed E-state index contributed by atoms with van der Waals surface area (Å²) in [5.74, 6) is 0. The predicted molar refractivity (Wildman–Crippen MR) is 205 cm³/mol. The van der Waals surface area contributed by atoms with Gasteiger partial charge in [-0.15, -0.1) is 0 Å². The molecular formula is C24H58O18Si10. The van der Waals surface area contributed by atoms with Gasteiger partial charge in [-0.1, -0.05) is 0 Å². The molecule has 0 aromatic rings. The molecule has 6 saturated heterocycles. The van der Waals surface area contributed by atoms with E-state index in [4.69, 9.17) is 77.8 Å². The standard InChI is InChI=1S/C24H58O18Si10/c1-50(2,13-7-10-25-16-22-19-28-22)40-47-34-44-31-43-32-45(35-47)37-49(42-52(5,6)15-9-12-27-18-24-21-30-24)39-46(33-43)38-48(36-44)41-51(3,4)14-8-11-26-17-23-20-29-23/h22-24,43-49H,7-21H2,1-6H3/t22-,23-,24+,43?,44?,45?,46?,47?,48?,49?/m0/s1. The molecule has 6 fully saturated rings. The van der Waals surface area contributed by atoms with Crippen LogP contribution in [0.25, 0.3) is 0 Å². The van der Waals surface area contributed by atoms with E-state index in [1.54, 1.807) is 0 Å². The number of epoxide rings is 3. The molecule has 0 aromatic heterocycles. The molecule has 7 atom stereocenters. The first-order valence-corrected chi connectivity index (χ1v) is 37.6. The van der Waals surface area contributed by atoms with Gasteiger partial charge in [0.1, 0.15) is 18.3 Å². The van der Waals surface area contributed by atoms with Crippen LogP contribution in [-0.2, 0) is 77.8 Å². The Morgan fingerprint density at radius 1 is 0.423 bits per heavy atom. The van der Waals surface area contributed by atoms with Crippen LogP contribution >= 0.6 is 0 Å². The van der Waals surface area contributed by atoms with E-state index < -0.39 is 91.6 Å². The van der Waals surface area contributed by atoms with Crippen molar-refractivity contribution >= 4 is 91.6 Å². The third-order valence-corrected chi connectivity index (χ3v) is 39.2. The lowest BCUT2D eigenvalue weighted by Gasteiger charge is -2.42. The molecule has 0 saturated carbocycles. The van der Waals surface area contributed by atoms with Crippen LogP contribution in [-0.4, -0.2) is 169 Å². The molecule has 0 N–H and O–H groups in total. The fourth-order valence-corrected chi connectivity index (χ4v) is 39.4. The molecule has 28 heteroatoms. The van der Waals surface area contributed by atoms with E-state index >= 15 is 0 Å². The molecule has 4 bridgehead atoms. The second kappa shape index (κ2) is 20.4. The van der Waals surface area contributed by atoms with Crippen molar-refractivity contribution in [1.29, 1.82) is 0 Å². The van der Waals surface area contributed by atoms with Crippen molar-refractivity contribution in [3.63, 3.8) is 0 Å². The van der Waals surface area contributed by atoms with Crippen molar-refractivity contribution in [1.82, 2.24) is 0 Å². The second-order valence-corrected chi connectivity index (χ2v) is 44.0. The van der Waals surface area contributed by atoms with E-state index in [9.17, 15) is 0 Å². The normalized spacial score (nSPS) is 35.0. The van der Waals surface area contributed by atoms with Crippen LogP contribution in [0, 0.1) is 0 Å². The van der Waals surface area contributed by atoms with Gasteiger partial charge < -0.3 is 77.8 Å². The Hall–Kier alpha value is 1.45. The summed E-state index contributed by atoms with van der Waals surface area (Å²) < 4.78 is 111. The fourth-order valence-electron chi connectivity index (χ4n) is 5.36. The van der Waals surface area contributed by atoms with Gasteiger partial charge >= 0.3 is 66.7 Å². The lowest BCUT2D eigenvalue weighted by atomic mass is 10.5. The Kier molecular flexibility index (Phi) is 16.9. The van der Waals surface area contributed by atoms with Crippen molar-refractivity contribution in [2.24, 2.45) is 0 Å². The lowest BCUT2D eigenvalue weighted by Crippen LogP contribution is -2.64. The monoisotopic (exact) mass is 914 g/mol. The molecule has 0 amide bonds. The van der Waals surface area contributed by atoms with E-state index in [1.807, 2.05) is 0 Å². The van der Waals surface area contributed by atoms with Crippen LogP contribution in [0.5, 0.6) is 0 Å². The SMILES string of the molecule is C[Si](C)(CCCOC[C@@H]1CO1)O[SiH]1O[SiH]2O[SiH]3O[SiH](O1)O[SiH](O[Si](C)(C)CCCOC[C@H]1CO1)O[SiH](O3)O[SiH](O[Si](C)(C)CCCOC[C@H]1CO1)O2. The number of ether oxygens (including phenoxy) is 6. The summed E-state index contributed by atoms with van der Waals surface area (Å²) >= 11 is 0. The first-order valence-electron chi connectivity index (χ1n) is 18.4. The van der Waals surface area contributed by atoms with Gasteiger partial charge in [0.2, 0.25) is 0 Å². The minimum absolute atomic E-state index is 0.243. The molecular weight excluding hydrogens is 857 g/mol. The molecule has 6 rings (SSSR count). The molecule has 0 radical (unpaired) electrons. The summed E-state index contributed by atoms with van der Waals surface area (Å²) in [5.41, 5.74) is 0. The Morgan fingerprint density at radius 2 is 0.673 bits per heavy atom. The average molecular weight is 916 g/mol. The van der Waals surface area contributed by atoms with Gasteiger partial charge in [0.05, 0.1) is 39.6 Å². The van der Waals surface area contributed by atoms with Crippen LogP contribution in [0.2, 0.25) is 57.4 Å². The predicted octanol–water partition coefficient (Wildman–Crippen LogP) is -0.721. The zero-order valence-electron chi connectivity index (χ0n) is 31.2. The maximum Gasteiger partial charge on any atom is 0.461 e. The van der Waals surface area contributed by atoms with Crippen LogP contribution in [0.3, 0.4) is 0 Å². The maximum atomic E-state index is 6.70. The van der Waals surface area contributed by atoms with Gasteiger partial charge in [0, 0.05) is 19.8 Å². The van der Waals surface area contributed by atoms with Crippen molar-refractivity contribution in [3.05, 3.63) is 0 Å². The molecule has 0 spiro atoms. The molecule has 0 aromatic carbocycles. The van der Waals surface area contributed by atoms with Gasteiger partial charge in [-0.2, -0.15) is 0 Å². The minimum atomic E-state index is -2.92. The maximum absolute atomic E-state index is 6.70. The summed E-state index contributed by atoms with van der Waals surface area (Å²) in [4.78, 5) is 0. The Morgan fingerprint density at radius 3 is 0.923 bits per heavy atom. The third-order valence-electron chi connectivity index (χ3n) is 8.57. The second-order valence-electron chi connectivity index (χ2n) is 15.3. The zero-order valence-corrected chi connectivity index (χ0v) is 42.3. The highest BCUT2D eigenvalue weighted by Gasteiger charge is 2.51. The van der Waals surface area contributed by atoms with E-state index in [0.29, 0.717) is 39.6 Å². The number of fused-ring (bicyclic) bond motifs is 3. The van der Waals surface area contributed by atoms with Crippen molar-refractivity contribution < 1.29 is 77.8 Å². The van der Waals surface area contributed by atoms with E-state index in [2.05, 4.69) is 39.3 Å². The Bertz CT molecular complexity index is 935. The Balaban J connectivity index is 1.09. The molecule has 302 valence electrons. The molecule has 52 heavy (non-hydrogen) atoms. The topological polar surface area (TPSA) is 176 Å². The van der Waals surface area contributed by atoms with Crippen LogP contribution in [0.4, 0.5) is 0 Å². The van der Waals surface area contributed by atoms with E-state index in [0.717, 1.165) is 57.2 Å². The largest absolute Gasteiger partial charge is 0.461 e. The summed E-state index contributed by atoms with van der Waals surface area (Å²) in [6.07, 6.45) is 3.30. The summed E-state index contributed by atoms with van der Waals surface area (Å²) in [7, 11) is -27.1. The fraction of sp³-hybridized carbons (Fsp3) is 1.00. The van der Waals surface area contributed by atoms with Gasteiger partial charge in [0.25, 0.3) is 0 Å². The molecule has 6 aliphatic rings. The van der Waals surface area contributed by atoms with Gasteiger partial charge in [-0.05, 0) is 76.7 Å². The third kappa shape index (κ3) is 16.7. The molecule has 18 nitrogen and oxygen atoms in total. The highest BCUT2D eigenvalue weighted by molar-refractivity contribution is 6.84. The minimum Gasteiger partial charge on any atom is -0.419 e. The summed E-state index contributed by atoms with van der Waals surface area (Å²) in [6.45, 7) is 19.0. The van der Waals surface area contributed by atoms with Gasteiger partial charge in [-0.3, -0.25) is 0 Å². The van der Waals surface area contributed by atoms with Crippen molar-refractivity contribution in [3.8, 4) is 0 Å². The molecule has 6 aliphatic heterocycles. The van der Waals surface area contributed by atoms with Crippen LogP contribution in [0.15, 0.2) is 0 Å². The Labute approximate surface area is 322 Å². The first-order chi connectivity index (χ1) is 24.9. The number of hydrogen-bond acceptors (Lipinski definition) is 18.